The molecular weight excluding hydrogens is 262 g/mol. The van der Waals surface area contributed by atoms with Crippen LogP contribution in [0, 0.1) is 12.8 Å². The first-order valence-electron chi connectivity index (χ1n) is 8.00. The maximum absolute atomic E-state index is 5.88. The maximum Gasteiger partial charge on any atom is 0.118 e. The molecule has 0 atom stereocenters. The van der Waals surface area contributed by atoms with Gasteiger partial charge in [-0.3, -0.25) is 4.90 Å². The predicted octanol–water partition coefficient (Wildman–Crippen LogP) is 2.72. The minimum Gasteiger partial charge on any atom is -0.465 e. The van der Waals surface area contributed by atoms with Crippen LogP contribution in [0.3, 0.4) is 0 Å². The Kier molecular flexibility index (Phi) is 8.01. The normalized spacial score (nSPS) is 12.0. The highest BCUT2D eigenvalue weighted by Crippen LogP contribution is 2.16. The Balaban J connectivity index is 2.38. The Morgan fingerprint density at radius 2 is 1.90 bits per heavy atom. The summed E-state index contributed by atoms with van der Waals surface area (Å²) < 4.78 is 5.88. The molecule has 0 aliphatic heterocycles. The van der Waals surface area contributed by atoms with Crippen molar-refractivity contribution in [1.82, 2.24) is 15.1 Å². The number of furan rings is 1. The molecule has 1 N–H and O–H groups in total. The lowest BCUT2D eigenvalue weighted by molar-refractivity contribution is 0.271. The minimum atomic E-state index is 0.680. The van der Waals surface area contributed by atoms with Crippen molar-refractivity contribution in [3.8, 4) is 0 Å². The third-order valence-corrected chi connectivity index (χ3v) is 3.51. The van der Waals surface area contributed by atoms with Crippen LogP contribution in [0.4, 0.5) is 0 Å². The second kappa shape index (κ2) is 9.23. The van der Waals surface area contributed by atoms with Gasteiger partial charge in [0.25, 0.3) is 0 Å². The van der Waals surface area contributed by atoms with Crippen LogP contribution < -0.4 is 5.32 Å². The minimum absolute atomic E-state index is 0.680. The van der Waals surface area contributed by atoms with Gasteiger partial charge in [-0.05, 0) is 66.1 Å². The van der Waals surface area contributed by atoms with Crippen LogP contribution in [-0.2, 0) is 13.1 Å². The Hall–Kier alpha value is -0.840. The highest BCUT2D eigenvalue weighted by atomic mass is 16.3. The summed E-state index contributed by atoms with van der Waals surface area (Å²) in [5.74, 6) is 2.80. The monoisotopic (exact) mass is 295 g/mol. The van der Waals surface area contributed by atoms with Crippen molar-refractivity contribution in [2.24, 2.45) is 5.92 Å². The van der Waals surface area contributed by atoms with Crippen LogP contribution in [0.15, 0.2) is 10.5 Å². The number of rotatable bonds is 10. The standard InChI is InChI=1S/C17H33N3O/c1-14(2)11-18-12-16-10-17(21-15(16)3)13-20(6)9-7-8-19(4)5/h10,14,18H,7-9,11-13H2,1-6H3. The van der Waals surface area contributed by atoms with Gasteiger partial charge in [-0.15, -0.1) is 0 Å². The molecule has 0 aliphatic rings. The molecule has 1 aromatic heterocycles. The molecule has 0 aromatic carbocycles. The van der Waals surface area contributed by atoms with Gasteiger partial charge in [-0.1, -0.05) is 13.8 Å². The largest absolute Gasteiger partial charge is 0.465 e. The van der Waals surface area contributed by atoms with Crippen LogP contribution in [0.1, 0.15) is 37.4 Å². The van der Waals surface area contributed by atoms with Crippen LogP contribution in [-0.4, -0.2) is 50.6 Å². The first-order valence-corrected chi connectivity index (χ1v) is 8.00. The average Bonchev–Trinajstić information content (AvgIpc) is 2.68. The summed E-state index contributed by atoms with van der Waals surface area (Å²) in [5, 5.41) is 3.48. The van der Waals surface area contributed by atoms with Crippen LogP contribution in [0.2, 0.25) is 0 Å². The molecule has 0 bridgehead atoms. The van der Waals surface area contributed by atoms with E-state index in [4.69, 9.17) is 4.42 Å². The lowest BCUT2D eigenvalue weighted by atomic mass is 10.2. The summed E-state index contributed by atoms with van der Waals surface area (Å²) in [7, 11) is 6.39. The van der Waals surface area contributed by atoms with Crippen molar-refractivity contribution in [3.63, 3.8) is 0 Å². The van der Waals surface area contributed by atoms with Gasteiger partial charge in [0.2, 0.25) is 0 Å². The molecule has 0 unspecified atom stereocenters. The Morgan fingerprint density at radius 1 is 1.19 bits per heavy atom. The molecular formula is C17H33N3O. The molecule has 0 saturated heterocycles. The molecule has 0 amide bonds. The molecule has 0 radical (unpaired) electrons. The smallest absolute Gasteiger partial charge is 0.118 e. The summed E-state index contributed by atoms with van der Waals surface area (Å²) in [6.45, 7) is 11.6. The van der Waals surface area contributed by atoms with E-state index in [2.05, 4.69) is 63.1 Å². The number of nitrogens with one attached hydrogen (secondary N) is 1. The molecule has 1 heterocycles. The molecule has 0 fully saturated rings. The highest BCUT2D eigenvalue weighted by molar-refractivity contribution is 5.20. The van der Waals surface area contributed by atoms with E-state index in [0.717, 1.165) is 44.2 Å². The quantitative estimate of drug-likeness (QED) is 0.719. The second-order valence-electron chi connectivity index (χ2n) is 6.71. The van der Waals surface area contributed by atoms with Gasteiger partial charge >= 0.3 is 0 Å². The zero-order valence-electron chi connectivity index (χ0n) is 14.7. The zero-order valence-corrected chi connectivity index (χ0v) is 14.7. The van der Waals surface area contributed by atoms with Crippen molar-refractivity contribution < 1.29 is 4.42 Å². The van der Waals surface area contributed by atoms with Gasteiger partial charge in [-0.2, -0.15) is 0 Å². The summed E-state index contributed by atoms with van der Waals surface area (Å²) in [6.07, 6.45) is 1.19. The molecule has 4 heteroatoms. The van der Waals surface area contributed by atoms with Gasteiger partial charge in [0, 0.05) is 12.1 Å². The topological polar surface area (TPSA) is 31.7 Å². The molecule has 1 aromatic rings. The summed E-state index contributed by atoms with van der Waals surface area (Å²) >= 11 is 0. The Morgan fingerprint density at radius 3 is 2.52 bits per heavy atom. The van der Waals surface area contributed by atoms with E-state index in [9.17, 15) is 0 Å². The van der Waals surface area contributed by atoms with Gasteiger partial charge < -0.3 is 14.6 Å². The maximum atomic E-state index is 5.88. The summed E-state index contributed by atoms with van der Waals surface area (Å²) in [5.41, 5.74) is 1.28. The van der Waals surface area contributed by atoms with Gasteiger partial charge in [0.05, 0.1) is 6.54 Å². The molecule has 4 nitrogen and oxygen atoms in total. The third-order valence-electron chi connectivity index (χ3n) is 3.51. The number of nitrogens with zero attached hydrogens (tertiary/aromatic N) is 2. The number of hydrogen-bond acceptors (Lipinski definition) is 4. The second-order valence-corrected chi connectivity index (χ2v) is 6.71. The molecule has 122 valence electrons. The fraction of sp³-hybridized carbons (Fsp3) is 0.765. The summed E-state index contributed by atoms with van der Waals surface area (Å²) in [4.78, 5) is 4.55. The first-order chi connectivity index (χ1) is 9.88. The van der Waals surface area contributed by atoms with E-state index >= 15 is 0 Å². The Bertz CT molecular complexity index is 399. The van der Waals surface area contributed by atoms with Crippen molar-refractivity contribution in [2.45, 2.75) is 40.3 Å². The highest BCUT2D eigenvalue weighted by Gasteiger charge is 2.09. The fourth-order valence-electron chi connectivity index (χ4n) is 2.34. The predicted molar refractivity (Wildman–Crippen MR) is 89.5 cm³/mol. The SMILES string of the molecule is Cc1oc(CN(C)CCCN(C)C)cc1CNCC(C)C. The molecule has 0 aliphatic carbocycles. The van der Waals surface area contributed by atoms with E-state index in [1.165, 1.54) is 12.0 Å². The molecule has 0 spiro atoms. The van der Waals surface area contributed by atoms with Gasteiger partial charge in [0.15, 0.2) is 0 Å². The number of aryl methyl sites for hydroxylation is 1. The average molecular weight is 295 g/mol. The number of hydrogen-bond donors (Lipinski definition) is 1. The van der Waals surface area contributed by atoms with Crippen molar-refractivity contribution >= 4 is 0 Å². The first kappa shape index (κ1) is 18.2. The van der Waals surface area contributed by atoms with E-state index in [1.807, 2.05) is 0 Å². The lowest BCUT2D eigenvalue weighted by Crippen LogP contribution is -2.23. The lowest BCUT2D eigenvalue weighted by Gasteiger charge is -2.16. The zero-order chi connectivity index (χ0) is 15.8. The van der Waals surface area contributed by atoms with Crippen LogP contribution in [0.5, 0.6) is 0 Å². The summed E-state index contributed by atoms with van der Waals surface area (Å²) in [6, 6.07) is 2.20. The van der Waals surface area contributed by atoms with Crippen molar-refractivity contribution in [2.75, 3.05) is 40.8 Å². The molecule has 1 rings (SSSR count). The molecule has 0 saturated carbocycles. The van der Waals surface area contributed by atoms with E-state index in [1.54, 1.807) is 0 Å². The van der Waals surface area contributed by atoms with Crippen LogP contribution >= 0.6 is 0 Å². The van der Waals surface area contributed by atoms with E-state index in [-0.39, 0.29) is 0 Å². The third kappa shape index (κ3) is 7.65. The van der Waals surface area contributed by atoms with Crippen LogP contribution in [0.25, 0.3) is 0 Å². The van der Waals surface area contributed by atoms with Crippen molar-refractivity contribution in [1.29, 1.82) is 0 Å². The fourth-order valence-corrected chi connectivity index (χ4v) is 2.34. The van der Waals surface area contributed by atoms with Crippen molar-refractivity contribution in [3.05, 3.63) is 23.2 Å². The van der Waals surface area contributed by atoms with Gasteiger partial charge in [-0.25, -0.2) is 0 Å². The van der Waals surface area contributed by atoms with E-state index in [0.29, 0.717) is 5.92 Å². The van der Waals surface area contributed by atoms with Gasteiger partial charge in [0.1, 0.15) is 11.5 Å². The van der Waals surface area contributed by atoms with E-state index < -0.39 is 0 Å². The Labute approximate surface area is 130 Å². The molecule has 21 heavy (non-hydrogen) atoms.